The number of hydrogen-bond acceptors (Lipinski definition) is 2. The van der Waals surface area contributed by atoms with E-state index in [1.54, 1.807) is 18.0 Å². The van der Waals surface area contributed by atoms with Crippen LogP contribution in [0.3, 0.4) is 0 Å². The molecule has 0 aliphatic heterocycles. The molecule has 0 atom stereocenters. The number of alkyl halides is 1. The first-order valence-electron chi connectivity index (χ1n) is 3.77. The van der Waals surface area contributed by atoms with Gasteiger partial charge in [-0.05, 0) is 6.42 Å². The minimum absolute atomic E-state index is 0.278. The summed E-state index contributed by atoms with van der Waals surface area (Å²) in [5.74, 6) is 0. The lowest BCUT2D eigenvalue weighted by Crippen LogP contribution is -2.28. The van der Waals surface area contributed by atoms with Gasteiger partial charge in [-0.1, -0.05) is 35.2 Å². The van der Waals surface area contributed by atoms with Crippen LogP contribution in [0.25, 0.3) is 0 Å². The largest absolute Gasteiger partial charge is 0.445 e. The molecule has 0 N–H and O–H groups in total. The molecule has 0 bridgehead atoms. The molecule has 4 heteroatoms. The number of amides is 1. The minimum atomic E-state index is -0.278. The Labute approximate surface area is 86.9 Å². The van der Waals surface area contributed by atoms with E-state index in [9.17, 15) is 4.79 Å². The van der Waals surface area contributed by atoms with Crippen LogP contribution in [0.2, 0.25) is 0 Å². The summed E-state index contributed by atoms with van der Waals surface area (Å²) in [7, 11) is 1.73. The SMILES string of the molecule is C=CCOC(=O)N(C)CCCI. The van der Waals surface area contributed by atoms with E-state index in [1.807, 2.05) is 0 Å². The highest BCUT2D eigenvalue weighted by Gasteiger charge is 2.07. The maximum atomic E-state index is 11.1. The zero-order chi connectivity index (χ0) is 9.40. The van der Waals surface area contributed by atoms with Gasteiger partial charge in [-0.2, -0.15) is 0 Å². The maximum absolute atomic E-state index is 11.1. The van der Waals surface area contributed by atoms with Gasteiger partial charge in [0.1, 0.15) is 6.61 Å². The number of hydrogen-bond donors (Lipinski definition) is 0. The van der Waals surface area contributed by atoms with Crippen molar-refractivity contribution in [3.05, 3.63) is 12.7 Å². The normalized spacial score (nSPS) is 9.17. The molecular weight excluding hydrogens is 269 g/mol. The highest BCUT2D eigenvalue weighted by molar-refractivity contribution is 14.1. The van der Waals surface area contributed by atoms with Crippen molar-refractivity contribution >= 4 is 28.7 Å². The fraction of sp³-hybridized carbons (Fsp3) is 0.625. The fourth-order valence-electron chi connectivity index (χ4n) is 0.629. The Hall–Kier alpha value is -0.260. The summed E-state index contributed by atoms with van der Waals surface area (Å²) in [6.07, 6.45) is 2.28. The lowest BCUT2D eigenvalue weighted by molar-refractivity contribution is 0.122. The van der Waals surface area contributed by atoms with Crippen molar-refractivity contribution in [1.82, 2.24) is 4.90 Å². The molecule has 0 saturated heterocycles. The Morgan fingerprint density at radius 1 is 1.75 bits per heavy atom. The smallest absolute Gasteiger partial charge is 0.409 e. The van der Waals surface area contributed by atoms with Crippen LogP contribution < -0.4 is 0 Å². The number of rotatable bonds is 5. The van der Waals surface area contributed by atoms with Gasteiger partial charge < -0.3 is 9.64 Å². The van der Waals surface area contributed by atoms with E-state index in [1.165, 1.54) is 0 Å². The van der Waals surface area contributed by atoms with Gasteiger partial charge >= 0.3 is 6.09 Å². The van der Waals surface area contributed by atoms with Crippen molar-refractivity contribution in [2.45, 2.75) is 6.42 Å². The summed E-state index contributed by atoms with van der Waals surface area (Å²) in [5.41, 5.74) is 0. The molecule has 0 aliphatic carbocycles. The number of halogens is 1. The standard InChI is InChI=1S/C8H14INO2/c1-3-7-12-8(11)10(2)6-4-5-9/h3H,1,4-7H2,2H3. The van der Waals surface area contributed by atoms with Crippen LogP contribution in [0.5, 0.6) is 0 Å². The van der Waals surface area contributed by atoms with E-state index in [-0.39, 0.29) is 12.7 Å². The van der Waals surface area contributed by atoms with Crippen molar-refractivity contribution in [1.29, 1.82) is 0 Å². The van der Waals surface area contributed by atoms with Crippen LogP contribution in [-0.2, 0) is 4.74 Å². The van der Waals surface area contributed by atoms with E-state index >= 15 is 0 Å². The molecule has 0 saturated carbocycles. The van der Waals surface area contributed by atoms with Gasteiger partial charge in [-0.3, -0.25) is 0 Å². The first kappa shape index (κ1) is 11.7. The zero-order valence-electron chi connectivity index (χ0n) is 7.25. The lowest BCUT2D eigenvalue weighted by Gasteiger charge is -2.15. The van der Waals surface area contributed by atoms with Crippen LogP contribution in [0, 0.1) is 0 Å². The predicted molar refractivity (Wildman–Crippen MR) is 57.7 cm³/mol. The Kier molecular flexibility index (Phi) is 7.23. The Morgan fingerprint density at radius 3 is 2.92 bits per heavy atom. The fourth-order valence-corrected chi connectivity index (χ4v) is 0.970. The van der Waals surface area contributed by atoms with Gasteiger partial charge in [0, 0.05) is 18.0 Å². The van der Waals surface area contributed by atoms with E-state index < -0.39 is 0 Å². The topological polar surface area (TPSA) is 29.5 Å². The van der Waals surface area contributed by atoms with E-state index in [4.69, 9.17) is 4.74 Å². The van der Waals surface area contributed by atoms with Crippen molar-refractivity contribution in [2.24, 2.45) is 0 Å². The number of nitrogens with zero attached hydrogens (tertiary/aromatic N) is 1. The molecule has 1 amide bonds. The van der Waals surface area contributed by atoms with E-state index in [0.717, 1.165) is 17.4 Å². The molecule has 0 radical (unpaired) electrons. The monoisotopic (exact) mass is 283 g/mol. The van der Waals surface area contributed by atoms with E-state index in [2.05, 4.69) is 29.2 Å². The second kappa shape index (κ2) is 7.39. The summed E-state index contributed by atoms with van der Waals surface area (Å²) in [4.78, 5) is 12.6. The summed E-state index contributed by atoms with van der Waals surface area (Å²) in [6, 6.07) is 0. The Bertz CT molecular complexity index is 150. The third kappa shape index (κ3) is 5.40. The molecule has 0 aliphatic rings. The third-order valence-electron chi connectivity index (χ3n) is 1.26. The predicted octanol–water partition coefficient (Wildman–Crippen LogP) is 2.07. The first-order valence-corrected chi connectivity index (χ1v) is 5.29. The first-order chi connectivity index (χ1) is 5.72. The number of carbonyl (C=O) groups is 1. The van der Waals surface area contributed by atoms with Gasteiger partial charge in [0.2, 0.25) is 0 Å². The van der Waals surface area contributed by atoms with Crippen molar-refractivity contribution in [2.75, 3.05) is 24.6 Å². The summed E-state index contributed by atoms with van der Waals surface area (Å²) in [5, 5.41) is 0. The quantitative estimate of drug-likeness (QED) is 0.439. The Morgan fingerprint density at radius 2 is 2.42 bits per heavy atom. The third-order valence-corrected chi connectivity index (χ3v) is 2.03. The lowest BCUT2D eigenvalue weighted by atomic mass is 10.4. The molecule has 0 aromatic rings. The molecule has 0 aromatic carbocycles. The van der Waals surface area contributed by atoms with Crippen LogP contribution in [-0.4, -0.2) is 35.6 Å². The van der Waals surface area contributed by atoms with Gasteiger partial charge in [0.15, 0.2) is 0 Å². The molecule has 3 nitrogen and oxygen atoms in total. The van der Waals surface area contributed by atoms with Gasteiger partial charge in [0.05, 0.1) is 0 Å². The average molecular weight is 283 g/mol. The van der Waals surface area contributed by atoms with E-state index in [0.29, 0.717) is 0 Å². The molecule has 0 fully saturated rings. The second-order valence-electron chi connectivity index (χ2n) is 2.33. The van der Waals surface area contributed by atoms with Crippen molar-refractivity contribution < 1.29 is 9.53 Å². The number of ether oxygens (including phenoxy) is 1. The molecule has 0 heterocycles. The van der Waals surface area contributed by atoms with Gasteiger partial charge in [-0.15, -0.1) is 0 Å². The summed E-state index contributed by atoms with van der Waals surface area (Å²) >= 11 is 2.28. The molecule has 0 aromatic heterocycles. The second-order valence-corrected chi connectivity index (χ2v) is 3.41. The van der Waals surface area contributed by atoms with Crippen molar-refractivity contribution in [3.63, 3.8) is 0 Å². The average Bonchev–Trinajstić information content (AvgIpc) is 2.10. The highest BCUT2D eigenvalue weighted by atomic mass is 127. The molecular formula is C8H14INO2. The molecule has 70 valence electrons. The van der Waals surface area contributed by atoms with Crippen LogP contribution >= 0.6 is 22.6 Å². The number of carbonyl (C=O) groups excluding carboxylic acids is 1. The zero-order valence-corrected chi connectivity index (χ0v) is 9.41. The van der Waals surface area contributed by atoms with Crippen molar-refractivity contribution in [3.8, 4) is 0 Å². The summed E-state index contributed by atoms with van der Waals surface area (Å²) in [6.45, 7) is 4.49. The highest BCUT2D eigenvalue weighted by Crippen LogP contribution is 1.95. The molecule has 0 rings (SSSR count). The minimum Gasteiger partial charge on any atom is -0.445 e. The molecule has 0 spiro atoms. The van der Waals surface area contributed by atoms with Gasteiger partial charge in [0.25, 0.3) is 0 Å². The molecule has 12 heavy (non-hydrogen) atoms. The molecule has 0 unspecified atom stereocenters. The van der Waals surface area contributed by atoms with Crippen LogP contribution in [0.15, 0.2) is 12.7 Å². The van der Waals surface area contributed by atoms with Crippen LogP contribution in [0.4, 0.5) is 4.79 Å². The van der Waals surface area contributed by atoms with Gasteiger partial charge in [-0.25, -0.2) is 4.79 Å². The maximum Gasteiger partial charge on any atom is 0.409 e. The summed E-state index contributed by atoms with van der Waals surface area (Å²) < 4.78 is 5.87. The Balaban J connectivity index is 3.53. The van der Waals surface area contributed by atoms with Crippen LogP contribution in [0.1, 0.15) is 6.42 Å².